The smallest absolute Gasteiger partial charge is 0.244 e. The van der Waals surface area contributed by atoms with Gasteiger partial charge in [-0.1, -0.05) is 67.3 Å². The van der Waals surface area contributed by atoms with Crippen molar-refractivity contribution < 1.29 is 18.0 Å². The quantitative estimate of drug-likeness (QED) is 0.588. The number of carbonyl (C=O) groups is 2. The number of anilines is 1. The van der Waals surface area contributed by atoms with Crippen LogP contribution < -0.4 is 9.62 Å². The minimum Gasteiger partial charge on any atom is -0.352 e. The molecule has 0 bridgehead atoms. The lowest BCUT2D eigenvalue weighted by Gasteiger charge is -2.33. The Labute approximate surface area is 203 Å². The van der Waals surface area contributed by atoms with Gasteiger partial charge >= 0.3 is 0 Å². The molecular weight excluding hydrogens is 450 g/mol. The van der Waals surface area contributed by atoms with Crippen LogP contribution in [0.25, 0.3) is 0 Å². The van der Waals surface area contributed by atoms with Crippen LogP contribution in [-0.4, -0.2) is 50.0 Å². The number of carbonyl (C=O) groups excluding carboxylic acids is 2. The Morgan fingerprint density at radius 2 is 1.62 bits per heavy atom. The molecule has 8 heteroatoms. The maximum absolute atomic E-state index is 13.5. The van der Waals surface area contributed by atoms with Gasteiger partial charge in [-0.15, -0.1) is 0 Å². The summed E-state index contributed by atoms with van der Waals surface area (Å²) in [5.41, 5.74) is 2.28. The summed E-state index contributed by atoms with van der Waals surface area (Å²) in [7, 11) is -3.72. The fourth-order valence-electron chi connectivity index (χ4n) is 4.26. The Hall–Kier alpha value is -2.87. The lowest BCUT2D eigenvalue weighted by molar-refractivity contribution is -0.139. The summed E-state index contributed by atoms with van der Waals surface area (Å²) in [6.45, 7) is 3.45. The second-order valence-electron chi connectivity index (χ2n) is 9.13. The van der Waals surface area contributed by atoms with Gasteiger partial charge < -0.3 is 10.2 Å². The van der Waals surface area contributed by atoms with E-state index in [1.807, 2.05) is 37.3 Å². The predicted octanol–water partition coefficient (Wildman–Crippen LogP) is 3.63. The van der Waals surface area contributed by atoms with E-state index < -0.39 is 22.0 Å². The van der Waals surface area contributed by atoms with E-state index in [2.05, 4.69) is 5.32 Å². The van der Waals surface area contributed by atoms with E-state index in [-0.39, 0.29) is 25.0 Å². The van der Waals surface area contributed by atoms with Crippen molar-refractivity contribution in [1.29, 1.82) is 0 Å². The first-order chi connectivity index (χ1) is 16.1. The summed E-state index contributed by atoms with van der Waals surface area (Å²) in [6.07, 6.45) is 6.33. The van der Waals surface area contributed by atoms with Crippen LogP contribution in [0.1, 0.15) is 50.2 Å². The number of hydrogen-bond acceptors (Lipinski definition) is 4. The van der Waals surface area contributed by atoms with Crippen molar-refractivity contribution in [3.8, 4) is 0 Å². The van der Waals surface area contributed by atoms with Crippen LogP contribution in [0.3, 0.4) is 0 Å². The second kappa shape index (κ2) is 11.5. The molecule has 1 aliphatic carbocycles. The molecule has 1 N–H and O–H groups in total. The van der Waals surface area contributed by atoms with Crippen molar-refractivity contribution in [3.05, 3.63) is 65.7 Å². The Bertz CT molecular complexity index is 1060. The molecule has 1 atom stereocenters. The first kappa shape index (κ1) is 25.7. The molecular formula is C26H35N3O4S. The van der Waals surface area contributed by atoms with Gasteiger partial charge in [0.1, 0.15) is 12.6 Å². The number of rotatable bonds is 9. The molecule has 1 aliphatic rings. The van der Waals surface area contributed by atoms with Crippen LogP contribution in [-0.2, 0) is 26.2 Å². The molecule has 184 valence electrons. The van der Waals surface area contributed by atoms with Gasteiger partial charge in [-0.2, -0.15) is 0 Å². The second-order valence-corrected chi connectivity index (χ2v) is 11.0. The number of sulfonamides is 1. The molecule has 0 aliphatic heterocycles. The Kier molecular flexibility index (Phi) is 8.72. The van der Waals surface area contributed by atoms with Crippen LogP contribution in [0.2, 0.25) is 0 Å². The summed E-state index contributed by atoms with van der Waals surface area (Å²) in [6, 6.07) is 15.8. The molecule has 1 saturated carbocycles. The number of benzene rings is 2. The summed E-state index contributed by atoms with van der Waals surface area (Å²) in [4.78, 5) is 28.1. The fraction of sp³-hybridized carbons (Fsp3) is 0.462. The topological polar surface area (TPSA) is 86.8 Å². The van der Waals surface area contributed by atoms with Gasteiger partial charge in [0.2, 0.25) is 21.8 Å². The van der Waals surface area contributed by atoms with E-state index in [0.717, 1.165) is 47.4 Å². The van der Waals surface area contributed by atoms with Gasteiger partial charge in [-0.05, 0) is 44.4 Å². The first-order valence-corrected chi connectivity index (χ1v) is 13.7. The lowest BCUT2D eigenvalue weighted by Crippen LogP contribution is -2.52. The maximum atomic E-state index is 13.5. The van der Waals surface area contributed by atoms with Crippen LogP contribution >= 0.6 is 0 Å². The normalized spacial score (nSPS) is 15.4. The zero-order valence-electron chi connectivity index (χ0n) is 20.2. The zero-order chi connectivity index (χ0) is 24.7. The maximum Gasteiger partial charge on any atom is 0.244 e. The minimum atomic E-state index is -3.72. The van der Waals surface area contributed by atoms with Crippen molar-refractivity contribution in [2.45, 2.75) is 64.6 Å². The number of nitrogens with one attached hydrogen (secondary N) is 1. The predicted molar refractivity (Wildman–Crippen MR) is 135 cm³/mol. The Morgan fingerprint density at radius 3 is 2.21 bits per heavy atom. The Morgan fingerprint density at radius 1 is 1.00 bits per heavy atom. The highest BCUT2D eigenvalue weighted by atomic mass is 32.2. The van der Waals surface area contributed by atoms with Crippen molar-refractivity contribution in [2.24, 2.45) is 0 Å². The molecule has 0 aromatic heterocycles. The molecule has 7 nitrogen and oxygen atoms in total. The van der Waals surface area contributed by atoms with E-state index in [9.17, 15) is 18.0 Å². The van der Waals surface area contributed by atoms with Gasteiger partial charge in [0.05, 0.1) is 11.9 Å². The monoisotopic (exact) mass is 485 g/mol. The first-order valence-electron chi connectivity index (χ1n) is 11.8. The number of amides is 2. The van der Waals surface area contributed by atoms with E-state index in [1.165, 1.54) is 11.3 Å². The zero-order valence-corrected chi connectivity index (χ0v) is 21.1. The summed E-state index contributed by atoms with van der Waals surface area (Å²) in [5.74, 6) is -0.640. The summed E-state index contributed by atoms with van der Waals surface area (Å²) < 4.78 is 26.2. The molecule has 2 amide bonds. The van der Waals surface area contributed by atoms with Crippen molar-refractivity contribution in [3.63, 3.8) is 0 Å². The highest BCUT2D eigenvalue weighted by Gasteiger charge is 2.31. The standard InChI is InChI=1S/C26H35N3O4S/c1-20-14-16-24(17-15-20)29(34(3,32)33)19-25(30)28(18-22-10-6-4-7-11-22)21(2)26(31)27-23-12-8-5-9-13-23/h4,6-7,10-11,14-17,21,23H,5,8-9,12-13,18-19H2,1-3H3,(H,27,31)/t21-/m0/s1. The van der Waals surface area contributed by atoms with Crippen LogP contribution in [0.5, 0.6) is 0 Å². The number of nitrogens with zero attached hydrogens (tertiary/aromatic N) is 2. The molecule has 0 spiro atoms. The highest BCUT2D eigenvalue weighted by Crippen LogP contribution is 2.21. The molecule has 0 radical (unpaired) electrons. The SMILES string of the molecule is Cc1ccc(N(CC(=O)N(Cc2ccccc2)[C@@H](C)C(=O)NC2CCCCC2)S(C)(=O)=O)cc1. The molecule has 1 fully saturated rings. The van der Waals surface area contributed by atoms with Crippen molar-refractivity contribution >= 4 is 27.5 Å². The van der Waals surface area contributed by atoms with Gasteiger partial charge in [0.15, 0.2) is 0 Å². The molecule has 0 unspecified atom stereocenters. The van der Waals surface area contributed by atoms with Gasteiger partial charge in [-0.3, -0.25) is 13.9 Å². The molecule has 2 aromatic carbocycles. The molecule has 34 heavy (non-hydrogen) atoms. The largest absolute Gasteiger partial charge is 0.352 e. The number of aryl methyl sites for hydroxylation is 1. The molecule has 0 heterocycles. The highest BCUT2D eigenvalue weighted by molar-refractivity contribution is 7.92. The number of hydrogen-bond donors (Lipinski definition) is 1. The van der Waals surface area contributed by atoms with E-state index in [0.29, 0.717) is 5.69 Å². The van der Waals surface area contributed by atoms with Crippen LogP contribution in [0, 0.1) is 6.92 Å². The minimum absolute atomic E-state index is 0.123. The van der Waals surface area contributed by atoms with Crippen molar-refractivity contribution in [2.75, 3.05) is 17.1 Å². The fourth-order valence-corrected chi connectivity index (χ4v) is 5.11. The lowest BCUT2D eigenvalue weighted by atomic mass is 9.95. The molecule has 3 rings (SSSR count). The molecule has 2 aromatic rings. The third kappa shape index (κ3) is 7.06. The molecule has 0 saturated heterocycles. The summed E-state index contributed by atoms with van der Waals surface area (Å²) >= 11 is 0. The third-order valence-corrected chi connectivity index (χ3v) is 7.46. The van der Waals surface area contributed by atoms with Gasteiger partial charge in [0, 0.05) is 12.6 Å². The average molecular weight is 486 g/mol. The van der Waals surface area contributed by atoms with Crippen LogP contribution in [0.15, 0.2) is 54.6 Å². The average Bonchev–Trinajstić information content (AvgIpc) is 2.81. The van der Waals surface area contributed by atoms with Crippen molar-refractivity contribution in [1.82, 2.24) is 10.2 Å². The van der Waals surface area contributed by atoms with E-state index in [1.54, 1.807) is 31.2 Å². The Balaban J connectivity index is 1.83. The van der Waals surface area contributed by atoms with E-state index >= 15 is 0 Å². The van der Waals surface area contributed by atoms with Gasteiger partial charge in [-0.25, -0.2) is 8.42 Å². The summed E-state index contributed by atoms with van der Waals surface area (Å²) in [5, 5.41) is 3.10. The van der Waals surface area contributed by atoms with E-state index in [4.69, 9.17) is 0 Å². The third-order valence-electron chi connectivity index (χ3n) is 6.32. The van der Waals surface area contributed by atoms with Crippen LogP contribution in [0.4, 0.5) is 5.69 Å². The van der Waals surface area contributed by atoms with Gasteiger partial charge in [0.25, 0.3) is 0 Å².